The van der Waals surface area contributed by atoms with Crippen LogP contribution in [0.1, 0.15) is 20.8 Å². The van der Waals surface area contributed by atoms with Crippen molar-refractivity contribution < 1.29 is 4.79 Å². The molecule has 98 valence electrons. The lowest BCUT2D eigenvalue weighted by atomic mass is 10.1. The zero-order valence-electron chi connectivity index (χ0n) is 9.85. The molecule has 0 spiro atoms. The third-order valence-corrected chi connectivity index (χ3v) is 4.69. The van der Waals surface area contributed by atoms with Crippen LogP contribution in [0, 0.1) is 0 Å². The molecule has 2 rings (SSSR count). The molecule has 3 nitrogen and oxygen atoms in total. The van der Waals surface area contributed by atoms with Gasteiger partial charge in [-0.2, -0.15) is 0 Å². The van der Waals surface area contributed by atoms with Gasteiger partial charge in [-0.15, -0.1) is 11.3 Å². The molecular formula is C13H11BrN2OS2. The number of benzene rings is 1. The molecule has 0 aliphatic rings. The first-order valence-corrected chi connectivity index (χ1v) is 7.56. The van der Waals surface area contributed by atoms with Crippen LogP contribution in [0.4, 0.5) is 0 Å². The molecule has 1 aromatic heterocycles. The molecule has 0 radical (unpaired) electrons. The maximum atomic E-state index is 11.9. The van der Waals surface area contributed by atoms with Crippen molar-refractivity contribution in [2.75, 3.05) is 0 Å². The minimum atomic E-state index is -0.116. The van der Waals surface area contributed by atoms with Gasteiger partial charge in [0, 0.05) is 20.5 Å². The summed E-state index contributed by atoms with van der Waals surface area (Å²) in [6.07, 6.45) is 0. The van der Waals surface area contributed by atoms with E-state index in [4.69, 9.17) is 18.0 Å². The fraction of sp³-hybridized carbons (Fsp3) is 0.0769. The van der Waals surface area contributed by atoms with Crippen LogP contribution in [-0.2, 0) is 6.54 Å². The number of thiocarbonyl (C=S) groups is 1. The van der Waals surface area contributed by atoms with Crippen molar-refractivity contribution in [1.29, 1.82) is 0 Å². The molecule has 0 aliphatic heterocycles. The highest BCUT2D eigenvalue weighted by molar-refractivity contribution is 9.10. The Morgan fingerprint density at radius 1 is 1.26 bits per heavy atom. The summed E-state index contributed by atoms with van der Waals surface area (Å²) >= 11 is 9.89. The molecule has 0 saturated heterocycles. The number of halogens is 1. The van der Waals surface area contributed by atoms with Gasteiger partial charge in [0.2, 0.25) is 0 Å². The largest absolute Gasteiger partial charge is 0.389 e. The van der Waals surface area contributed by atoms with Crippen molar-refractivity contribution in [3.05, 3.63) is 56.2 Å². The van der Waals surface area contributed by atoms with E-state index in [1.807, 2.05) is 11.4 Å². The van der Waals surface area contributed by atoms with Crippen LogP contribution in [-0.4, -0.2) is 10.9 Å². The van der Waals surface area contributed by atoms with Crippen molar-refractivity contribution in [2.24, 2.45) is 5.73 Å². The fourth-order valence-electron chi connectivity index (χ4n) is 1.50. The Hall–Kier alpha value is -1.24. The number of nitrogens with one attached hydrogen (secondary N) is 1. The fourth-order valence-corrected chi connectivity index (χ4v) is 3.07. The number of hydrogen-bond acceptors (Lipinski definition) is 3. The lowest BCUT2D eigenvalue weighted by molar-refractivity contribution is 0.0951. The predicted octanol–water partition coefficient (Wildman–Crippen LogP) is 3.07. The summed E-state index contributed by atoms with van der Waals surface area (Å²) in [5.74, 6) is -0.116. The zero-order valence-corrected chi connectivity index (χ0v) is 13.1. The molecule has 0 unspecified atom stereocenters. The maximum Gasteiger partial charge on any atom is 0.251 e. The maximum absolute atomic E-state index is 11.9. The van der Waals surface area contributed by atoms with Gasteiger partial charge in [0.15, 0.2) is 0 Å². The summed E-state index contributed by atoms with van der Waals surface area (Å²) in [5, 5.41) is 4.84. The molecule has 0 bridgehead atoms. The topological polar surface area (TPSA) is 55.1 Å². The van der Waals surface area contributed by atoms with E-state index in [1.54, 1.807) is 35.6 Å². The lowest BCUT2D eigenvalue weighted by Gasteiger charge is -2.05. The second-order valence-corrected chi connectivity index (χ2v) is 6.11. The van der Waals surface area contributed by atoms with Gasteiger partial charge in [-0.25, -0.2) is 0 Å². The van der Waals surface area contributed by atoms with Gasteiger partial charge in [0.05, 0.1) is 6.54 Å². The monoisotopic (exact) mass is 354 g/mol. The predicted molar refractivity (Wildman–Crippen MR) is 85.5 cm³/mol. The number of carbonyl (C=O) groups is 1. The van der Waals surface area contributed by atoms with Crippen LogP contribution in [0.25, 0.3) is 0 Å². The number of carbonyl (C=O) groups excluding carboxylic acids is 1. The molecule has 6 heteroatoms. The number of amides is 1. The third-order valence-electron chi connectivity index (χ3n) is 2.53. The Balaban J connectivity index is 2.00. The molecule has 1 amide bonds. The molecule has 1 aromatic carbocycles. The molecule has 0 saturated carbocycles. The van der Waals surface area contributed by atoms with Gasteiger partial charge in [0.1, 0.15) is 4.99 Å². The summed E-state index contributed by atoms with van der Waals surface area (Å²) < 4.78 is 1.02. The van der Waals surface area contributed by atoms with E-state index in [-0.39, 0.29) is 5.91 Å². The van der Waals surface area contributed by atoms with Gasteiger partial charge in [-0.05, 0) is 39.5 Å². The highest BCUT2D eigenvalue weighted by atomic mass is 79.9. The van der Waals surface area contributed by atoms with Crippen LogP contribution < -0.4 is 11.1 Å². The molecular weight excluding hydrogens is 344 g/mol. The first-order valence-electron chi connectivity index (χ1n) is 5.48. The summed E-state index contributed by atoms with van der Waals surface area (Å²) in [6.45, 7) is 0.508. The molecule has 3 N–H and O–H groups in total. The Morgan fingerprint density at radius 3 is 2.42 bits per heavy atom. The van der Waals surface area contributed by atoms with E-state index >= 15 is 0 Å². The third kappa shape index (κ3) is 3.62. The summed E-state index contributed by atoms with van der Waals surface area (Å²) in [5.41, 5.74) is 6.85. The number of rotatable bonds is 4. The van der Waals surface area contributed by atoms with Gasteiger partial charge < -0.3 is 11.1 Å². The van der Waals surface area contributed by atoms with Crippen molar-refractivity contribution >= 4 is 50.4 Å². The standard InChI is InChI=1S/C13H11BrN2OS2/c14-10-5-6-19-11(10)7-16-13(17)9-3-1-8(2-4-9)12(15)18/h1-6H,7H2,(H2,15,18)(H,16,17). The normalized spacial score (nSPS) is 10.2. The van der Waals surface area contributed by atoms with Crippen molar-refractivity contribution in [3.8, 4) is 0 Å². The van der Waals surface area contributed by atoms with Crippen molar-refractivity contribution in [2.45, 2.75) is 6.54 Å². The Labute approximate surface area is 129 Å². The van der Waals surface area contributed by atoms with E-state index < -0.39 is 0 Å². The average Bonchev–Trinajstić information content (AvgIpc) is 2.81. The van der Waals surface area contributed by atoms with E-state index in [0.29, 0.717) is 17.1 Å². The first kappa shape index (κ1) is 14.2. The molecule has 1 heterocycles. The molecule has 0 atom stereocenters. The highest BCUT2D eigenvalue weighted by Crippen LogP contribution is 2.22. The lowest BCUT2D eigenvalue weighted by Crippen LogP contribution is -2.22. The SMILES string of the molecule is NC(=S)c1ccc(C(=O)NCc2sccc2Br)cc1. The van der Waals surface area contributed by atoms with E-state index in [2.05, 4.69) is 21.2 Å². The smallest absolute Gasteiger partial charge is 0.251 e. The zero-order chi connectivity index (χ0) is 13.8. The Bertz CT molecular complexity index is 607. The quantitative estimate of drug-likeness (QED) is 0.829. The number of nitrogens with two attached hydrogens (primary N) is 1. The molecule has 2 aromatic rings. The highest BCUT2D eigenvalue weighted by Gasteiger charge is 2.07. The van der Waals surface area contributed by atoms with E-state index in [0.717, 1.165) is 14.9 Å². The van der Waals surface area contributed by atoms with Gasteiger partial charge >= 0.3 is 0 Å². The van der Waals surface area contributed by atoms with Crippen molar-refractivity contribution in [3.63, 3.8) is 0 Å². The summed E-state index contributed by atoms with van der Waals surface area (Å²) in [7, 11) is 0. The van der Waals surface area contributed by atoms with Crippen LogP contribution >= 0.6 is 39.5 Å². The van der Waals surface area contributed by atoms with E-state index in [9.17, 15) is 4.79 Å². The minimum Gasteiger partial charge on any atom is -0.389 e. The van der Waals surface area contributed by atoms with E-state index in [1.165, 1.54) is 0 Å². The number of thiophene rings is 1. The van der Waals surface area contributed by atoms with Crippen LogP contribution in [0.15, 0.2) is 40.2 Å². The van der Waals surface area contributed by atoms with Crippen molar-refractivity contribution in [1.82, 2.24) is 5.32 Å². The van der Waals surface area contributed by atoms with Gasteiger partial charge in [-0.3, -0.25) is 4.79 Å². The molecule has 0 fully saturated rings. The Kier molecular flexibility index (Phi) is 4.68. The first-order chi connectivity index (χ1) is 9.08. The molecule has 19 heavy (non-hydrogen) atoms. The second-order valence-electron chi connectivity index (χ2n) is 3.82. The Morgan fingerprint density at radius 2 is 1.89 bits per heavy atom. The molecule has 0 aliphatic carbocycles. The van der Waals surface area contributed by atoms with Gasteiger partial charge in [-0.1, -0.05) is 24.4 Å². The van der Waals surface area contributed by atoms with Crippen LogP contribution in [0.3, 0.4) is 0 Å². The summed E-state index contributed by atoms with van der Waals surface area (Å²) in [4.78, 5) is 13.4. The van der Waals surface area contributed by atoms with Gasteiger partial charge in [0.25, 0.3) is 5.91 Å². The van der Waals surface area contributed by atoms with Crippen LogP contribution in [0.5, 0.6) is 0 Å². The van der Waals surface area contributed by atoms with Crippen LogP contribution in [0.2, 0.25) is 0 Å². The second kappa shape index (κ2) is 6.27. The minimum absolute atomic E-state index is 0.116. The average molecular weight is 355 g/mol. The summed E-state index contributed by atoms with van der Waals surface area (Å²) in [6, 6.07) is 8.89. The number of hydrogen-bond donors (Lipinski definition) is 2.